The Hall–Kier alpha value is -1.39. The third-order valence-electron chi connectivity index (χ3n) is 9.44. The Bertz CT molecular complexity index is 740. The first-order valence-electron chi connectivity index (χ1n) is 12.9. The van der Waals surface area contributed by atoms with Crippen molar-refractivity contribution in [3.05, 3.63) is 0 Å². The van der Waals surface area contributed by atoms with Crippen LogP contribution in [-0.4, -0.2) is 29.4 Å². The summed E-state index contributed by atoms with van der Waals surface area (Å²) in [6.45, 7) is 9.82. The minimum Gasteiger partial charge on any atom is -0.461 e. The Morgan fingerprint density at radius 2 is 1.59 bits per heavy atom. The molecular formula is C27H42O5. The average molecular weight is 447 g/mol. The topological polar surface area (TPSA) is 69.7 Å². The Kier molecular flexibility index (Phi) is 6.26. The quantitative estimate of drug-likeness (QED) is 0.474. The van der Waals surface area contributed by atoms with Crippen molar-refractivity contribution in [3.63, 3.8) is 0 Å². The van der Waals surface area contributed by atoms with E-state index in [4.69, 9.17) is 9.47 Å². The van der Waals surface area contributed by atoms with E-state index in [2.05, 4.69) is 6.92 Å². The highest BCUT2D eigenvalue weighted by Crippen LogP contribution is 2.60. The first-order chi connectivity index (χ1) is 14.9. The number of hydrogen-bond donors (Lipinski definition) is 0. The lowest BCUT2D eigenvalue weighted by atomic mass is 9.50. The molecule has 2 atom stereocenters. The summed E-state index contributed by atoms with van der Waals surface area (Å²) in [6.07, 6.45) is 9.22. The second kappa shape index (κ2) is 8.43. The lowest BCUT2D eigenvalue weighted by Crippen LogP contribution is -2.59. The third kappa shape index (κ3) is 4.37. The van der Waals surface area contributed by atoms with Gasteiger partial charge >= 0.3 is 11.9 Å². The van der Waals surface area contributed by atoms with Crippen LogP contribution in [0, 0.1) is 34.5 Å². The summed E-state index contributed by atoms with van der Waals surface area (Å²) in [5.74, 6) is 2.28. The van der Waals surface area contributed by atoms with Gasteiger partial charge in [0, 0.05) is 12.8 Å². The minimum atomic E-state index is -0.824. The zero-order chi connectivity index (χ0) is 23.3. The normalized spacial score (nSPS) is 38.3. The fraction of sp³-hybridized carbons (Fsp3) is 0.889. The number of carbonyl (C=O) groups excluding carboxylic acids is 3. The first kappa shape index (κ1) is 23.8. The summed E-state index contributed by atoms with van der Waals surface area (Å²) >= 11 is 0. The van der Waals surface area contributed by atoms with Gasteiger partial charge in [-0.05, 0) is 109 Å². The van der Waals surface area contributed by atoms with Crippen LogP contribution in [0.1, 0.15) is 105 Å². The van der Waals surface area contributed by atoms with E-state index in [-0.39, 0.29) is 29.4 Å². The van der Waals surface area contributed by atoms with Gasteiger partial charge in [-0.2, -0.15) is 0 Å². The molecule has 0 amide bonds. The van der Waals surface area contributed by atoms with Gasteiger partial charge in [-0.1, -0.05) is 6.92 Å². The molecular weight excluding hydrogens is 404 g/mol. The van der Waals surface area contributed by atoms with Gasteiger partial charge in [-0.3, -0.25) is 14.4 Å². The molecule has 5 nitrogen and oxygen atoms in total. The molecule has 32 heavy (non-hydrogen) atoms. The summed E-state index contributed by atoms with van der Waals surface area (Å²) in [7, 11) is 0. The first-order valence-corrected chi connectivity index (χ1v) is 12.9. The highest BCUT2D eigenvalue weighted by atomic mass is 16.6. The highest BCUT2D eigenvalue weighted by molar-refractivity contribution is 5.82. The van der Waals surface area contributed by atoms with Crippen LogP contribution >= 0.6 is 0 Å². The van der Waals surface area contributed by atoms with Crippen LogP contribution in [-0.2, 0) is 23.9 Å². The largest absolute Gasteiger partial charge is 0.461 e. The fourth-order valence-electron chi connectivity index (χ4n) is 7.40. The van der Waals surface area contributed by atoms with Gasteiger partial charge in [0.05, 0.1) is 10.8 Å². The van der Waals surface area contributed by atoms with Gasteiger partial charge < -0.3 is 9.47 Å². The van der Waals surface area contributed by atoms with E-state index in [0.29, 0.717) is 37.5 Å². The van der Waals surface area contributed by atoms with Crippen molar-refractivity contribution in [1.29, 1.82) is 0 Å². The number of ketones is 1. The van der Waals surface area contributed by atoms with Gasteiger partial charge in [0.1, 0.15) is 17.5 Å². The second-order valence-corrected chi connectivity index (χ2v) is 12.5. The predicted octanol–water partition coefficient (Wildman–Crippen LogP) is 5.63. The van der Waals surface area contributed by atoms with Crippen molar-refractivity contribution in [2.45, 2.75) is 117 Å². The number of Topliss-reactive ketones (excluding diaryl/α,β-unsaturated/α-hetero) is 1. The monoisotopic (exact) mass is 446 g/mol. The molecule has 0 heterocycles. The maximum absolute atomic E-state index is 13.6. The van der Waals surface area contributed by atoms with Gasteiger partial charge in [0.15, 0.2) is 0 Å². The lowest BCUT2D eigenvalue weighted by molar-refractivity contribution is -0.213. The molecule has 5 heteroatoms. The summed E-state index contributed by atoms with van der Waals surface area (Å²) in [5.41, 5.74) is -1.94. The molecule has 0 aromatic rings. The fourth-order valence-corrected chi connectivity index (χ4v) is 7.40. The molecule has 0 aromatic heterocycles. The molecule has 180 valence electrons. The van der Waals surface area contributed by atoms with Crippen LogP contribution in [0.3, 0.4) is 0 Å². The van der Waals surface area contributed by atoms with Crippen LogP contribution in [0.4, 0.5) is 0 Å². The van der Waals surface area contributed by atoms with Crippen LogP contribution in [0.15, 0.2) is 0 Å². The summed E-state index contributed by atoms with van der Waals surface area (Å²) in [4.78, 5) is 38.4. The summed E-state index contributed by atoms with van der Waals surface area (Å²) < 4.78 is 12.2. The van der Waals surface area contributed by atoms with Crippen molar-refractivity contribution in [3.8, 4) is 0 Å². The van der Waals surface area contributed by atoms with E-state index in [0.717, 1.165) is 24.7 Å². The van der Waals surface area contributed by atoms with Crippen LogP contribution in [0.25, 0.3) is 0 Å². The van der Waals surface area contributed by atoms with E-state index in [1.807, 2.05) is 27.7 Å². The zero-order valence-corrected chi connectivity index (χ0v) is 20.7. The van der Waals surface area contributed by atoms with Crippen molar-refractivity contribution in [2.75, 3.05) is 0 Å². The third-order valence-corrected chi connectivity index (χ3v) is 9.44. The molecule has 0 N–H and O–H groups in total. The summed E-state index contributed by atoms with van der Waals surface area (Å²) in [6, 6.07) is 0. The molecule has 0 saturated heterocycles. The number of carbonyl (C=O) groups is 3. The molecule has 2 unspecified atom stereocenters. The SMILES string of the molecule is CCC(C)(CC(C)(C)C(=O)OC1CCCC(=O)C1)C(=O)OC1(C)C2CC3CC(C2)CC1C3. The molecule has 0 aromatic carbocycles. The maximum atomic E-state index is 13.6. The van der Waals surface area contributed by atoms with E-state index < -0.39 is 10.8 Å². The Balaban J connectivity index is 1.42. The van der Waals surface area contributed by atoms with Crippen LogP contribution < -0.4 is 0 Å². The smallest absolute Gasteiger partial charge is 0.312 e. The van der Waals surface area contributed by atoms with Gasteiger partial charge in [-0.25, -0.2) is 0 Å². The van der Waals surface area contributed by atoms with Gasteiger partial charge in [0.2, 0.25) is 0 Å². The van der Waals surface area contributed by atoms with Crippen LogP contribution in [0.2, 0.25) is 0 Å². The van der Waals surface area contributed by atoms with E-state index >= 15 is 0 Å². The highest BCUT2D eigenvalue weighted by Gasteiger charge is 2.58. The van der Waals surface area contributed by atoms with E-state index in [1.165, 1.54) is 32.1 Å². The zero-order valence-electron chi connectivity index (χ0n) is 20.7. The molecule has 0 aliphatic heterocycles. The van der Waals surface area contributed by atoms with Crippen LogP contribution in [0.5, 0.6) is 0 Å². The van der Waals surface area contributed by atoms with Gasteiger partial charge in [-0.15, -0.1) is 0 Å². The molecule has 5 fully saturated rings. The van der Waals surface area contributed by atoms with Crippen molar-refractivity contribution < 1.29 is 23.9 Å². The Morgan fingerprint density at radius 3 is 2.12 bits per heavy atom. The molecule has 5 aliphatic carbocycles. The van der Waals surface area contributed by atoms with E-state index in [9.17, 15) is 14.4 Å². The molecule has 5 saturated carbocycles. The number of rotatable bonds is 7. The van der Waals surface area contributed by atoms with Crippen molar-refractivity contribution in [1.82, 2.24) is 0 Å². The van der Waals surface area contributed by atoms with Crippen molar-refractivity contribution >= 4 is 17.7 Å². The Labute approximate surface area is 193 Å². The van der Waals surface area contributed by atoms with E-state index in [1.54, 1.807) is 0 Å². The maximum Gasteiger partial charge on any atom is 0.312 e. The predicted molar refractivity (Wildman–Crippen MR) is 122 cm³/mol. The summed E-state index contributed by atoms with van der Waals surface area (Å²) in [5, 5.41) is 0. The number of hydrogen-bond acceptors (Lipinski definition) is 5. The molecule has 0 radical (unpaired) electrons. The molecule has 4 bridgehead atoms. The number of esters is 2. The average Bonchev–Trinajstić information content (AvgIpc) is 2.71. The standard InChI is InChI=1S/C27H42O5/c1-6-26(4,16-25(2,3)23(29)31-22-9-7-8-21(28)15-22)24(30)32-27(5)19-11-17-10-18(13-19)14-20(27)12-17/h17-20,22H,6-16H2,1-5H3. The molecule has 5 aliphatic rings. The lowest BCUT2D eigenvalue weighted by Gasteiger charge is -2.59. The molecule has 0 spiro atoms. The second-order valence-electron chi connectivity index (χ2n) is 12.5. The minimum absolute atomic E-state index is 0.163. The van der Waals surface area contributed by atoms with Crippen molar-refractivity contribution in [2.24, 2.45) is 34.5 Å². The molecule has 5 rings (SSSR count). The van der Waals surface area contributed by atoms with Gasteiger partial charge in [0.25, 0.3) is 0 Å². The Morgan fingerprint density at radius 1 is 1.00 bits per heavy atom. The number of ether oxygens (including phenoxy) is 2.